The number of rotatable bonds is 6. The zero-order valence-corrected chi connectivity index (χ0v) is 17.7. The molecular formula is C22H23N5O4. The molecule has 0 fully saturated rings. The molecule has 0 saturated heterocycles. The number of para-hydroxylation sites is 1. The normalized spacial score (nSPS) is 11.4. The first-order valence-electron chi connectivity index (χ1n) is 9.50. The third kappa shape index (κ3) is 5.53. The lowest BCUT2D eigenvalue weighted by molar-refractivity contribution is 0.0731. The lowest BCUT2D eigenvalue weighted by atomic mass is 9.93. The third-order valence-electron chi connectivity index (χ3n) is 4.21. The lowest BCUT2D eigenvalue weighted by Crippen LogP contribution is -2.28. The van der Waals surface area contributed by atoms with Crippen LogP contribution < -0.4 is 20.5 Å². The Bertz CT molecular complexity index is 1150. The number of aromatic amines is 1. The van der Waals surface area contributed by atoms with Crippen LogP contribution in [0, 0.1) is 0 Å². The van der Waals surface area contributed by atoms with Crippen molar-refractivity contribution in [3.63, 3.8) is 0 Å². The first-order valence-corrected chi connectivity index (χ1v) is 9.50. The molecule has 0 radical (unpaired) electrons. The van der Waals surface area contributed by atoms with Gasteiger partial charge in [0.25, 0.3) is 5.56 Å². The first-order chi connectivity index (χ1) is 14.8. The molecule has 2 aromatic carbocycles. The number of hydrogen-bond donors (Lipinski definition) is 2. The Morgan fingerprint density at radius 3 is 2.45 bits per heavy atom. The molecular weight excluding hydrogens is 398 g/mol. The van der Waals surface area contributed by atoms with Crippen LogP contribution in [0.3, 0.4) is 0 Å². The van der Waals surface area contributed by atoms with Gasteiger partial charge in [0.1, 0.15) is 22.8 Å². The number of nitrogens with zero attached hydrogens (tertiary/aromatic N) is 3. The highest BCUT2D eigenvalue weighted by Crippen LogP contribution is 2.20. The van der Waals surface area contributed by atoms with E-state index in [0.29, 0.717) is 22.8 Å². The van der Waals surface area contributed by atoms with Gasteiger partial charge in [0, 0.05) is 5.41 Å². The van der Waals surface area contributed by atoms with Crippen LogP contribution in [0.4, 0.5) is 5.95 Å². The molecule has 3 aromatic rings. The molecule has 1 aromatic heterocycles. The van der Waals surface area contributed by atoms with Crippen LogP contribution in [-0.2, 0) is 5.41 Å². The van der Waals surface area contributed by atoms with Gasteiger partial charge in [-0.3, -0.25) is 9.78 Å². The summed E-state index contributed by atoms with van der Waals surface area (Å²) in [5.74, 6) is 0.450. The second-order valence-electron chi connectivity index (χ2n) is 7.63. The van der Waals surface area contributed by atoms with Crippen molar-refractivity contribution >= 4 is 18.1 Å². The number of H-pyrrole nitrogens is 1. The predicted molar refractivity (Wildman–Crippen MR) is 117 cm³/mol. The van der Waals surface area contributed by atoms with Crippen LogP contribution in [0.15, 0.2) is 58.4 Å². The fourth-order valence-electron chi connectivity index (χ4n) is 2.64. The van der Waals surface area contributed by atoms with Crippen molar-refractivity contribution in [1.82, 2.24) is 15.2 Å². The van der Waals surface area contributed by atoms with E-state index in [-0.39, 0.29) is 11.5 Å². The van der Waals surface area contributed by atoms with Crippen molar-refractivity contribution in [3.05, 3.63) is 75.7 Å². The quantitative estimate of drug-likeness (QED) is 0.272. The van der Waals surface area contributed by atoms with Crippen molar-refractivity contribution in [1.29, 1.82) is 0 Å². The molecule has 31 heavy (non-hydrogen) atoms. The van der Waals surface area contributed by atoms with Crippen LogP contribution in [0.1, 0.15) is 42.4 Å². The van der Waals surface area contributed by atoms with E-state index in [9.17, 15) is 9.59 Å². The van der Waals surface area contributed by atoms with Crippen LogP contribution in [0.25, 0.3) is 0 Å². The van der Waals surface area contributed by atoms with Crippen molar-refractivity contribution in [3.8, 4) is 11.5 Å². The van der Waals surface area contributed by atoms with E-state index >= 15 is 0 Å². The molecule has 3 rings (SSSR count). The minimum absolute atomic E-state index is 0.136. The number of methoxy groups -OCH3 is 1. The van der Waals surface area contributed by atoms with Gasteiger partial charge < -0.3 is 9.47 Å². The zero-order chi connectivity index (χ0) is 22.4. The van der Waals surface area contributed by atoms with E-state index in [2.05, 4.69) is 25.7 Å². The Labute approximate surface area is 179 Å². The molecule has 160 valence electrons. The highest BCUT2D eigenvalue weighted by Gasteiger charge is 2.20. The third-order valence-corrected chi connectivity index (χ3v) is 4.21. The van der Waals surface area contributed by atoms with Crippen LogP contribution in [0.5, 0.6) is 11.5 Å². The maximum Gasteiger partial charge on any atom is 0.347 e. The molecule has 0 amide bonds. The van der Waals surface area contributed by atoms with Gasteiger partial charge in [0.2, 0.25) is 5.95 Å². The van der Waals surface area contributed by atoms with Crippen molar-refractivity contribution < 1.29 is 14.3 Å². The van der Waals surface area contributed by atoms with E-state index in [1.807, 2.05) is 20.8 Å². The summed E-state index contributed by atoms with van der Waals surface area (Å²) in [6.45, 7) is 5.65. The maximum absolute atomic E-state index is 12.3. The van der Waals surface area contributed by atoms with E-state index < -0.39 is 11.4 Å². The standard InChI is InChI=1S/C22H23N5O4/c1-22(2,3)18-19(28)24-21(27-25-18)26-23-13-14-9-11-15(12-10-14)31-20(29)16-7-5-6-8-17(16)30-4/h5-13H,1-4H3,(H2,24,26,27,28)/b23-13+. The summed E-state index contributed by atoms with van der Waals surface area (Å²) < 4.78 is 10.6. The molecule has 2 N–H and O–H groups in total. The SMILES string of the molecule is COc1ccccc1C(=O)Oc1ccc(/C=N/Nc2nnc(C(C)(C)C)c(=O)[nH]2)cc1. The Kier molecular flexibility index (Phi) is 6.44. The topological polar surface area (TPSA) is 119 Å². The first kappa shape index (κ1) is 21.7. The average Bonchev–Trinajstić information content (AvgIpc) is 2.74. The Morgan fingerprint density at radius 2 is 1.81 bits per heavy atom. The summed E-state index contributed by atoms with van der Waals surface area (Å²) in [7, 11) is 1.49. The summed E-state index contributed by atoms with van der Waals surface area (Å²) in [6, 6.07) is 13.6. The molecule has 0 atom stereocenters. The molecule has 0 saturated carbocycles. The molecule has 0 aliphatic heterocycles. The number of aromatic nitrogens is 3. The number of esters is 1. The highest BCUT2D eigenvalue weighted by molar-refractivity contribution is 5.94. The zero-order valence-electron chi connectivity index (χ0n) is 17.7. The summed E-state index contributed by atoms with van der Waals surface area (Å²) in [5, 5.41) is 11.9. The molecule has 9 nitrogen and oxygen atoms in total. The van der Waals surface area contributed by atoms with Gasteiger partial charge in [-0.2, -0.15) is 5.10 Å². The fourth-order valence-corrected chi connectivity index (χ4v) is 2.64. The van der Waals surface area contributed by atoms with Gasteiger partial charge in [-0.1, -0.05) is 32.9 Å². The summed E-state index contributed by atoms with van der Waals surface area (Å²) in [5.41, 5.74) is 3.34. The summed E-state index contributed by atoms with van der Waals surface area (Å²) >= 11 is 0. The average molecular weight is 421 g/mol. The lowest BCUT2D eigenvalue weighted by Gasteiger charge is -2.15. The largest absolute Gasteiger partial charge is 0.496 e. The van der Waals surface area contributed by atoms with Gasteiger partial charge in [-0.15, -0.1) is 10.2 Å². The number of nitrogens with one attached hydrogen (secondary N) is 2. The number of carbonyl (C=O) groups excluding carboxylic acids is 1. The molecule has 0 unspecified atom stereocenters. The Hall–Kier alpha value is -4.01. The predicted octanol–water partition coefficient (Wildman–Crippen LogP) is 3.14. The van der Waals surface area contributed by atoms with E-state index in [4.69, 9.17) is 9.47 Å². The minimum atomic E-state index is -0.512. The highest BCUT2D eigenvalue weighted by atomic mass is 16.5. The number of anilines is 1. The molecule has 0 aliphatic rings. The number of hydrazone groups is 1. The van der Waals surface area contributed by atoms with Gasteiger partial charge in [0.15, 0.2) is 0 Å². The number of ether oxygens (including phenoxy) is 2. The second kappa shape index (κ2) is 9.21. The monoisotopic (exact) mass is 421 g/mol. The van der Waals surface area contributed by atoms with Gasteiger partial charge in [-0.25, -0.2) is 10.2 Å². The second-order valence-corrected chi connectivity index (χ2v) is 7.63. The molecule has 0 spiro atoms. The van der Waals surface area contributed by atoms with Crippen LogP contribution >= 0.6 is 0 Å². The summed E-state index contributed by atoms with van der Waals surface area (Å²) in [6.07, 6.45) is 1.53. The van der Waals surface area contributed by atoms with E-state index in [0.717, 1.165) is 5.56 Å². The van der Waals surface area contributed by atoms with Crippen LogP contribution in [-0.4, -0.2) is 34.5 Å². The van der Waals surface area contributed by atoms with E-state index in [1.165, 1.54) is 13.3 Å². The number of benzene rings is 2. The maximum atomic E-state index is 12.3. The van der Waals surface area contributed by atoms with Crippen LogP contribution in [0.2, 0.25) is 0 Å². The van der Waals surface area contributed by atoms with Gasteiger partial charge >= 0.3 is 5.97 Å². The Morgan fingerprint density at radius 1 is 1.10 bits per heavy atom. The molecule has 1 heterocycles. The van der Waals surface area contributed by atoms with Crippen molar-refractivity contribution in [2.24, 2.45) is 5.10 Å². The van der Waals surface area contributed by atoms with Gasteiger partial charge in [-0.05, 0) is 42.0 Å². The molecule has 0 aliphatic carbocycles. The fraction of sp³-hybridized carbons (Fsp3) is 0.227. The number of hydrogen-bond acceptors (Lipinski definition) is 8. The van der Waals surface area contributed by atoms with Crippen molar-refractivity contribution in [2.45, 2.75) is 26.2 Å². The minimum Gasteiger partial charge on any atom is -0.496 e. The Balaban J connectivity index is 1.62. The van der Waals surface area contributed by atoms with Gasteiger partial charge in [0.05, 0.1) is 13.3 Å². The summed E-state index contributed by atoms with van der Waals surface area (Å²) in [4.78, 5) is 27.0. The van der Waals surface area contributed by atoms with E-state index in [1.54, 1.807) is 48.5 Å². The molecule has 0 bridgehead atoms. The molecule has 9 heteroatoms. The smallest absolute Gasteiger partial charge is 0.347 e. The van der Waals surface area contributed by atoms with Crippen molar-refractivity contribution in [2.75, 3.05) is 12.5 Å². The number of carbonyl (C=O) groups is 1.